The van der Waals surface area contributed by atoms with Gasteiger partial charge in [-0.2, -0.15) is 0 Å². The molecule has 2 rings (SSSR count). The lowest BCUT2D eigenvalue weighted by Crippen LogP contribution is -2.60. The monoisotopic (exact) mass is 550 g/mol. The Balaban J connectivity index is 1.69. The summed E-state index contributed by atoms with van der Waals surface area (Å²) in [6.07, 6.45) is 10.8. The van der Waals surface area contributed by atoms with Crippen LogP contribution in [0.3, 0.4) is 0 Å². The molecule has 2 fully saturated rings. The number of nitrogens with one attached hydrogen (secondary N) is 1. The molecule has 2 heterocycles. The normalized spacial score (nSPS) is 23.9. The third kappa shape index (κ3) is 11.3. The van der Waals surface area contributed by atoms with E-state index in [4.69, 9.17) is 9.47 Å². The minimum absolute atomic E-state index is 0.00152. The van der Waals surface area contributed by atoms with E-state index in [0.29, 0.717) is 12.3 Å². The van der Waals surface area contributed by atoms with Crippen molar-refractivity contribution in [2.75, 3.05) is 7.05 Å². The fourth-order valence-corrected chi connectivity index (χ4v) is 7.27. The van der Waals surface area contributed by atoms with Crippen LogP contribution >= 0.6 is 0 Å². The van der Waals surface area contributed by atoms with Crippen LogP contribution in [-0.2, 0) is 19.1 Å². The average Bonchev–Trinajstić information content (AvgIpc) is 2.72. The lowest BCUT2D eigenvalue weighted by Gasteiger charge is -2.53. The Morgan fingerprint density at radius 1 is 0.769 bits per heavy atom. The maximum Gasteiger partial charge on any atom is 0.309 e. The molecule has 228 valence electrons. The second-order valence-corrected chi connectivity index (χ2v) is 15.7. The van der Waals surface area contributed by atoms with E-state index >= 15 is 0 Å². The Labute approximate surface area is 240 Å². The second kappa shape index (κ2) is 13.7. The lowest BCUT2D eigenvalue weighted by molar-refractivity contribution is -0.160. The summed E-state index contributed by atoms with van der Waals surface area (Å²) >= 11 is 0. The first kappa shape index (κ1) is 34.1. The largest absolute Gasteiger partial charge is 0.462 e. The van der Waals surface area contributed by atoms with Gasteiger partial charge in [0.25, 0.3) is 0 Å². The third-order valence-corrected chi connectivity index (χ3v) is 9.03. The number of unbranched alkanes of at least 4 members (excludes halogenated alkanes) is 4. The molecular formula is C33H62N2O4. The molecule has 6 nitrogen and oxygen atoms in total. The van der Waals surface area contributed by atoms with Gasteiger partial charge in [-0.1, -0.05) is 39.5 Å². The number of hydrogen-bond acceptors (Lipinski definition) is 6. The van der Waals surface area contributed by atoms with Gasteiger partial charge in [0.15, 0.2) is 0 Å². The summed E-state index contributed by atoms with van der Waals surface area (Å²) in [4.78, 5) is 28.1. The first-order valence-electron chi connectivity index (χ1n) is 15.8. The van der Waals surface area contributed by atoms with Gasteiger partial charge in [0.2, 0.25) is 0 Å². The number of nitrogens with zero attached hydrogens (tertiary/aromatic N) is 1. The van der Waals surface area contributed by atoms with Crippen molar-refractivity contribution in [2.45, 2.75) is 181 Å². The molecule has 0 saturated carbocycles. The predicted molar refractivity (Wildman–Crippen MR) is 161 cm³/mol. The van der Waals surface area contributed by atoms with Crippen molar-refractivity contribution >= 4 is 11.9 Å². The number of hydrogen-bond donors (Lipinski definition) is 1. The molecule has 2 saturated heterocycles. The molecule has 39 heavy (non-hydrogen) atoms. The highest BCUT2D eigenvalue weighted by molar-refractivity contribution is 5.72. The average molecular weight is 551 g/mol. The van der Waals surface area contributed by atoms with Gasteiger partial charge in [-0.3, -0.25) is 14.5 Å². The Hall–Kier alpha value is -1.14. The van der Waals surface area contributed by atoms with Crippen LogP contribution in [0.1, 0.15) is 146 Å². The molecule has 1 atom stereocenters. The van der Waals surface area contributed by atoms with Crippen molar-refractivity contribution in [1.29, 1.82) is 0 Å². The fourth-order valence-electron chi connectivity index (χ4n) is 7.27. The molecule has 0 radical (unpaired) electrons. The number of rotatable bonds is 13. The highest BCUT2D eigenvalue weighted by Gasteiger charge is 2.44. The number of ether oxygens (including phenoxy) is 2. The fraction of sp³-hybridized carbons (Fsp3) is 0.939. The van der Waals surface area contributed by atoms with E-state index in [2.05, 4.69) is 86.5 Å². The Bertz CT molecular complexity index is 768. The minimum atomic E-state index is -0.0554. The SMILES string of the molecule is CC(C)CC(CCCCCCCC(=O)OC1CC(C)(C)N(C)C(C)(C)C1)C(=O)OC1CC(C)(C)NC(C)(C)C1. The summed E-state index contributed by atoms with van der Waals surface area (Å²) in [6.45, 7) is 22.1. The number of carbonyl (C=O) groups is 2. The van der Waals surface area contributed by atoms with Crippen LogP contribution in [0.5, 0.6) is 0 Å². The van der Waals surface area contributed by atoms with E-state index < -0.39 is 0 Å². The minimum Gasteiger partial charge on any atom is -0.462 e. The van der Waals surface area contributed by atoms with Crippen LogP contribution in [-0.4, -0.2) is 58.2 Å². The molecule has 0 bridgehead atoms. The first-order valence-corrected chi connectivity index (χ1v) is 15.8. The highest BCUT2D eigenvalue weighted by atomic mass is 16.5. The third-order valence-electron chi connectivity index (χ3n) is 9.03. The molecule has 0 aromatic rings. The second-order valence-electron chi connectivity index (χ2n) is 15.7. The maximum atomic E-state index is 13.2. The Kier molecular flexibility index (Phi) is 11.9. The van der Waals surface area contributed by atoms with E-state index in [9.17, 15) is 9.59 Å². The van der Waals surface area contributed by atoms with E-state index in [1.165, 1.54) is 0 Å². The summed E-state index contributed by atoms with van der Waals surface area (Å²) in [5.41, 5.74) is -0.0272. The van der Waals surface area contributed by atoms with E-state index in [0.717, 1.165) is 70.6 Å². The van der Waals surface area contributed by atoms with E-state index in [1.54, 1.807) is 0 Å². The van der Waals surface area contributed by atoms with Crippen molar-refractivity contribution in [3.63, 3.8) is 0 Å². The highest BCUT2D eigenvalue weighted by Crippen LogP contribution is 2.38. The maximum absolute atomic E-state index is 13.2. The summed E-state index contributed by atoms with van der Waals surface area (Å²) in [5, 5.41) is 3.67. The summed E-state index contributed by atoms with van der Waals surface area (Å²) in [6, 6.07) is 0. The van der Waals surface area contributed by atoms with Crippen LogP contribution in [0, 0.1) is 11.8 Å². The molecule has 2 aliphatic heterocycles. The van der Waals surface area contributed by atoms with Gasteiger partial charge in [0, 0.05) is 54.3 Å². The Morgan fingerprint density at radius 2 is 1.26 bits per heavy atom. The Morgan fingerprint density at radius 3 is 1.79 bits per heavy atom. The van der Waals surface area contributed by atoms with Crippen LogP contribution in [0.4, 0.5) is 0 Å². The molecule has 0 amide bonds. The van der Waals surface area contributed by atoms with Gasteiger partial charge in [-0.15, -0.1) is 0 Å². The van der Waals surface area contributed by atoms with Crippen molar-refractivity contribution in [3.8, 4) is 0 Å². The van der Waals surface area contributed by atoms with Crippen LogP contribution in [0.25, 0.3) is 0 Å². The van der Waals surface area contributed by atoms with E-state index in [1.807, 2.05) is 0 Å². The molecule has 0 aromatic carbocycles. The molecular weight excluding hydrogens is 488 g/mol. The van der Waals surface area contributed by atoms with Crippen LogP contribution in [0.15, 0.2) is 0 Å². The zero-order chi connectivity index (χ0) is 29.6. The smallest absolute Gasteiger partial charge is 0.309 e. The van der Waals surface area contributed by atoms with Gasteiger partial charge < -0.3 is 14.8 Å². The topological polar surface area (TPSA) is 67.9 Å². The molecule has 0 aromatic heterocycles. The quantitative estimate of drug-likeness (QED) is 0.190. The molecule has 1 unspecified atom stereocenters. The lowest BCUT2D eigenvalue weighted by atomic mass is 9.79. The molecule has 1 N–H and O–H groups in total. The summed E-state index contributed by atoms with van der Waals surface area (Å²) < 4.78 is 12.0. The molecule has 2 aliphatic rings. The molecule has 0 spiro atoms. The van der Waals surface area contributed by atoms with Crippen molar-refractivity contribution < 1.29 is 19.1 Å². The summed E-state index contributed by atoms with van der Waals surface area (Å²) in [5.74, 6) is 0.379. The van der Waals surface area contributed by atoms with Gasteiger partial charge in [-0.25, -0.2) is 0 Å². The van der Waals surface area contributed by atoms with E-state index in [-0.39, 0.29) is 52.2 Å². The standard InChI is InChI=1S/C33H62N2O4/c1-24(2)19-25(29(37)39-26-20-30(3,4)34-31(5,6)21-26)17-15-13-12-14-16-18-28(36)38-27-22-32(7,8)35(11)33(9,10)23-27/h24-27,34H,12-23H2,1-11H3. The van der Waals surface area contributed by atoms with Crippen molar-refractivity contribution in [3.05, 3.63) is 0 Å². The first-order chi connectivity index (χ1) is 17.8. The van der Waals surface area contributed by atoms with Gasteiger partial charge in [0.05, 0.1) is 5.92 Å². The molecule has 0 aliphatic carbocycles. The van der Waals surface area contributed by atoms with Crippen molar-refractivity contribution in [2.24, 2.45) is 11.8 Å². The number of carbonyl (C=O) groups excluding carboxylic acids is 2. The number of piperidine rings is 2. The predicted octanol–water partition coefficient (Wildman–Crippen LogP) is 7.43. The number of likely N-dealkylation sites (tertiary alicyclic amines) is 1. The molecule has 6 heteroatoms. The van der Waals surface area contributed by atoms with Gasteiger partial charge in [-0.05, 0) is 87.6 Å². The van der Waals surface area contributed by atoms with Gasteiger partial charge in [0.1, 0.15) is 12.2 Å². The zero-order valence-electron chi connectivity index (χ0n) is 27.4. The van der Waals surface area contributed by atoms with Crippen LogP contribution in [0.2, 0.25) is 0 Å². The van der Waals surface area contributed by atoms with Crippen LogP contribution < -0.4 is 5.32 Å². The number of esters is 2. The van der Waals surface area contributed by atoms with Crippen molar-refractivity contribution in [1.82, 2.24) is 10.2 Å². The summed E-state index contributed by atoms with van der Waals surface area (Å²) in [7, 11) is 2.17. The zero-order valence-corrected chi connectivity index (χ0v) is 27.4. The van der Waals surface area contributed by atoms with Gasteiger partial charge >= 0.3 is 11.9 Å².